The maximum Gasteiger partial charge on any atom is 0.471 e. The molecule has 4 rings (SSSR count). The Morgan fingerprint density at radius 1 is 1.02 bits per heavy atom. The first kappa shape index (κ1) is 32.9. The molecule has 15 heteroatoms. The molecule has 0 fully saturated rings. The van der Waals surface area contributed by atoms with Crippen molar-refractivity contribution in [1.29, 1.82) is 5.26 Å². The van der Waals surface area contributed by atoms with Crippen LogP contribution in [0.1, 0.15) is 30.0 Å². The molecule has 0 aliphatic rings. The number of nitriles is 1. The van der Waals surface area contributed by atoms with E-state index in [1.165, 1.54) is 54.8 Å². The Morgan fingerprint density at radius 2 is 1.78 bits per heavy atom. The summed E-state index contributed by atoms with van der Waals surface area (Å²) >= 11 is 0. The molecular formula is C31H23F4N5O6. The Morgan fingerprint density at radius 3 is 2.41 bits per heavy atom. The minimum Gasteiger partial charge on any atom is -0.459 e. The fourth-order valence-corrected chi connectivity index (χ4v) is 4.32. The average molecular weight is 638 g/mol. The van der Waals surface area contributed by atoms with Gasteiger partial charge in [-0.2, -0.15) is 18.4 Å². The quantitative estimate of drug-likeness (QED) is 0.144. The number of furan rings is 1. The Kier molecular flexibility index (Phi) is 9.80. The van der Waals surface area contributed by atoms with Gasteiger partial charge in [0.1, 0.15) is 23.2 Å². The van der Waals surface area contributed by atoms with E-state index in [0.29, 0.717) is 4.90 Å². The Bertz CT molecular complexity index is 1850. The highest BCUT2D eigenvalue weighted by Crippen LogP contribution is 2.38. The van der Waals surface area contributed by atoms with E-state index >= 15 is 0 Å². The maximum absolute atomic E-state index is 14.1. The summed E-state index contributed by atoms with van der Waals surface area (Å²) in [5, 5.41) is 15.0. The summed E-state index contributed by atoms with van der Waals surface area (Å²) in [5.74, 6) is -5.74. The maximum atomic E-state index is 14.1. The molecule has 2 aromatic heterocycles. The summed E-state index contributed by atoms with van der Waals surface area (Å²) in [4.78, 5) is 53.2. The second-order valence-electron chi connectivity index (χ2n) is 9.54. The highest BCUT2D eigenvalue weighted by atomic mass is 19.4. The number of halogens is 4. The largest absolute Gasteiger partial charge is 0.471 e. The zero-order valence-electron chi connectivity index (χ0n) is 24.1. The zero-order valence-corrected chi connectivity index (χ0v) is 24.1. The predicted molar refractivity (Wildman–Crippen MR) is 155 cm³/mol. The van der Waals surface area contributed by atoms with E-state index in [4.69, 9.17) is 9.15 Å². The lowest BCUT2D eigenvalue weighted by atomic mass is 9.97. The van der Waals surface area contributed by atoms with Gasteiger partial charge in [0.15, 0.2) is 11.6 Å². The number of benzene rings is 2. The number of amides is 3. The monoisotopic (exact) mass is 637 g/mol. The normalized spacial score (nSPS) is 10.9. The second-order valence-corrected chi connectivity index (χ2v) is 9.54. The summed E-state index contributed by atoms with van der Waals surface area (Å²) in [5.41, 5.74) is -0.277. The van der Waals surface area contributed by atoms with Gasteiger partial charge in [0.2, 0.25) is 5.91 Å². The van der Waals surface area contributed by atoms with Crippen molar-refractivity contribution in [2.45, 2.75) is 20.0 Å². The number of nitrogens with one attached hydrogen (secondary N) is 2. The lowest BCUT2D eigenvalue weighted by molar-refractivity contribution is -0.170. The van der Waals surface area contributed by atoms with Crippen molar-refractivity contribution in [2.24, 2.45) is 0 Å². The first-order valence-corrected chi connectivity index (χ1v) is 13.3. The molecule has 2 aromatic carbocycles. The van der Waals surface area contributed by atoms with Gasteiger partial charge < -0.3 is 24.7 Å². The molecule has 2 heterocycles. The van der Waals surface area contributed by atoms with Gasteiger partial charge in [0, 0.05) is 49.8 Å². The van der Waals surface area contributed by atoms with Gasteiger partial charge in [0.05, 0.1) is 12.0 Å². The number of alkyl halides is 3. The lowest BCUT2D eigenvalue weighted by Crippen LogP contribution is -2.45. The second kappa shape index (κ2) is 13.7. The van der Waals surface area contributed by atoms with E-state index in [1.807, 2.05) is 6.07 Å². The first-order chi connectivity index (χ1) is 21.8. The minimum absolute atomic E-state index is 0.0284. The summed E-state index contributed by atoms with van der Waals surface area (Å²) in [7, 11) is 0. The van der Waals surface area contributed by atoms with Crippen LogP contribution in [0, 0.1) is 17.1 Å². The zero-order chi connectivity index (χ0) is 33.6. The van der Waals surface area contributed by atoms with Gasteiger partial charge >= 0.3 is 18.1 Å². The van der Waals surface area contributed by atoms with Crippen LogP contribution < -0.4 is 20.3 Å². The Balaban J connectivity index is 1.92. The SMILES string of the molecule is CC(=O)NCCN(C(=O)C(F)(F)F)c1cccc(-c2cc(-c3ccc(F)cc3OC(C)=O)nc(NC(=O)c3ccco3)c2C#N)c1. The molecule has 0 saturated heterocycles. The molecule has 0 unspecified atom stereocenters. The van der Waals surface area contributed by atoms with E-state index in [2.05, 4.69) is 15.6 Å². The summed E-state index contributed by atoms with van der Waals surface area (Å²) in [6, 6.07) is 14.5. The van der Waals surface area contributed by atoms with Gasteiger partial charge in [-0.15, -0.1) is 0 Å². The van der Waals surface area contributed by atoms with Crippen molar-refractivity contribution in [2.75, 3.05) is 23.3 Å². The highest BCUT2D eigenvalue weighted by molar-refractivity contribution is 6.03. The number of aromatic nitrogens is 1. The third kappa shape index (κ3) is 7.72. The first-order valence-electron chi connectivity index (χ1n) is 13.3. The number of hydrogen-bond donors (Lipinski definition) is 2. The molecule has 0 radical (unpaired) electrons. The molecule has 0 aliphatic heterocycles. The third-order valence-electron chi connectivity index (χ3n) is 6.25. The Labute approximate surface area is 258 Å². The minimum atomic E-state index is -5.26. The number of nitrogens with zero attached hydrogens (tertiary/aromatic N) is 3. The van der Waals surface area contributed by atoms with Crippen LogP contribution in [0.25, 0.3) is 22.4 Å². The summed E-state index contributed by atoms with van der Waals surface area (Å²) < 4.78 is 65.1. The lowest BCUT2D eigenvalue weighted by Gasteiger charge is -2.24. The molecule has 0 bridgehead atoms. The summed E-state index contributed by atoms with van der Waals surface area (Å²) in [6.07, 6.45) is -4.02. The van der Waals surface area contributed by atoms with E-state index < -0.39 is 42.2 Å². The Hall–Kier alpha value is -6.04. The molecule has 0 atom stereocenters. The van der Waals surface area contributed by atoms with Crippen molar-refractivity contribution in [1.82, 2.24) is 10.3 Å². The number of hydrogen-bond acceptors (Lipinski definition) is 8. The van der Waals surface area contributed by atoms with Gasteiger partial charge in [-0.25, -0.2) is 9.37 Å². The van der Waals surface area contributed by atoms with Crippen LogP contribution >= 0.6 is 0 Å². The predicted octanol–water partition coefficient (Wildman–Crippen LogP) is 5.23. The van der Waals surface area contributed by atoms with Gasteiger partial charge in [0.25, 0.3) is 5.91 Å². The number of anilines is 2. The number of carbonyl (C=O) groups is 4. The number of ether oxygens (including phenoxy) is 1. The van der Waals surface area contributed by atoms with Crippen LogP contribution in [-0.4, -0.2) is 47.9 Å². The molecule has 0 aliphatic carbocycles. The highest BCUT2D eigenvalue weighted by Gasteiger charge is 2.43. The standard InChI is InChI=1S/C31H23F4N5O6/c1-17(41)37-10-11-40(30(44)31(33,34)35)21-6-3-5-19(13-21)23-15-25(22-9-8-20(32)14-27(22)46-18(2)42)38-28(24(23)16-36)39-29(43)26-7-4-12-45-26/h3-9,12-15H,10-11H2,1-2H3,(H,37,41)(H,38,39,43). The van der Waals surface area contributed by atoms with Crippen LogP contribution in [0.5, 0.6) is 5.75 Å². The van der Waals surface area contributed by atoms with E-state index in [9.17, 15) is 42.0 Å². The van der Waals surface area contributed by atoms with E-state index in [1.54, 1.807) is 0 Å². The van der Waals surface area contributed by atoms with Crippen molar-refractivity contribution in [3.05, 3.63) is 84.1 Å². The van der Waals surface area contributed by atoms with Crippen LogP contribution in [-0.2, 0) is 14.4 Å². The van der Waals surface area contributed by atoms with Crippen LogP contribution in [0.3, 0.4) is 0 Å². The van der Waals surface area contributed by atoms with Crippen LogP contribution in [0.4, 0.5) is 29.1 Å². The van der Waals surface area contributed by atoms with E-state index in [-0.39, 0.29) is 57.5 Å². The number of pyridine rings is 1. The topological polar surface area (TPSA) is 155 Å². The van der Waals surface area contributed by atoms with Crippen molar-refractivity contribution in [3.8, 4) is 34.2 Å². The van der Waals surface area contributed by atoms with Crippen molar-refractivity contribution < 1.29 is 45.9 Å². The fourth-order valence-electron chi connectivity index (χ4n) is 4.32. The molecule has 2 N–H and O–H groups in total. The third-order valence-corrected chi connectivity index (χ3v) is 6.25. The smallest absolute Gasteiger partial charge is 0.459 e. The van der Waals surface area contributed by atoms with E-state index in [0.717, 1.165) is 26.0 Å². The fraction of sp³-hybridized carbons (Fsp3) is 0.161. The average Bonchev–Trinajstić information content (AvgIpc) is 3.53. The van der Waals surface area contributed by atoms with Gasteiger partial charge in [-0.05, 0) is 48.0 Å². The molecule has 0 saturated carbocycles. The van der Waals surface area contributed by atoms with Crippen LogP contribution in [0.15, 0.2) is 71.3 Å². The molecule has 11 nitrogen and oxygen atoms in total. The molecule has 0 spiro atoms. The molecule has 3 amide bonds. The van der Waals surface area contributed by atoms with Gasteiger partial charge in [-0.1, -0.05) is 12.1 Å². The van der Waals surface area contributed by atoms with Crippen molar-refractivity contribution in [3.63, 3.8) is 0 Å². The number of rotatable bonds is 9. The number of esters is 1. The van der Waals surface area contributed by atoms with Crippen LogP contribution in [0.2, 0.25) is 0 Å². The molecule has 4 aromatic rings. The van der Waals surface area contributed by atoms with Crippen molar-refractivity contribution >= 4 is 35.2 Å². The molecule has 236 valence electrons. The molecule has 46 heavy (non-hydrogen) atoms. The summed E-state index contributed by atoms with van der Waals surface area (Å²) in [6.45, 7) is 1.42. The van der Waals surface area contributed by atoms with Gasteiger partial charge in [-0.3, -0.25) is 19.2 Å². The molecular weight excluding hydrogens is 614 g/mol. The number of carbonyl (C=O) groups excluding carboxylic acids is 4.